The number of carboxylic acid groups (broad SMARTS) is 1. The number of rotatable bonds is 2. The van der Waals surface area contributed by atoms with Crippen LogP contribution in [0.25, 0.3) is 0 Å². The smallest absolute Gasteiger partial charge is 0.377 e. The van der Waals surface area contributed by atoms with E-state index < -0.39 is 11.8 Å². The molecule has 0 fully saturated rings. The topological polar surface area (TPSA) is 63.6 Å². The maximum absolute atomic E-state index is 11.2. The molecule has 0 bridgehead atoms. The van der Waals surface area contributed by atoms with Gasteiger partial charge >= 0.3 is 5.97 Å². The van der Waals surface area contributed by atoms with Crippen molar-refractivity contribution in [1.82, 2.24) is 0 Å². The second-order valence-electron chi connectivity index (χ2n) is 3.42. The number of fused-ring (bicyclic) bond motifs is 1. The van der Waals surface area contributed by atoms with Crippen LogP contribution in [0.15, 0.2) is 18.2 Å². The van der Waals surface area contributed by atoms with Gasteiger partial charge in [-0.05, 0) is 23.6 Å². The van der Waals surface area contributed by atoms with Crippen molar-refractivity contribution in [2.75, 3.05) is 6.61 Å². The molecule has 0 saturated heterocycles. The van der Waals surface area contributed by atoms with Crippen LogP contribution in [0.4, 0.5) is 0 Å². The molecular formula is C11H10O4. The van der Waals surface area contributed by atoms with Gasteiger partial charge < -0.3 is 9.84 Å². The number of hydrogen-bond donors (Lipinski definition) is 1. The van der Waals surface area contributed by atoms with E-state index >= 15 is 0 Å². The Kier molecular flexibility index (Phi) is 2.51. The number of ether oxygens (including phenoxy) is 1. The molecule has 1 N–H and O–H groups in total. The fourth-order valence-electron chi connectivity index (χ4n) is 1.63. The van der Waals surface area contributed by atoms with Crippen LogP contribution in [0.3, 0.4) is 0 Å². The minimum Gasteiger partial charge on any atom is -0.475 e. The number of ketones is 1. The first-order valence-electron chi connectivity index (χ1n) is 4.65. The summed E-state index contributed by atoms with van der Waals surface area (Å²) in [6, 6.07) is 4.93. The van der Waals surface area contributed by atoms with Gasteiger partial charge in [0.25, 0.3) is 5.78 Å². The lowest BCUT2D eigenvalue weighted by molar-refractivity contribution is -0.131. The predicted octanol–water partition coefficient (Wildman–Crippen LogP) is 1.03. The Hall–Kier alpha value is -1.68. The van der Waals surface area contributed by atoms with Crippen molar-refractivity contribution in [2.24, 2.45) is 0 Å². The van der Waals surface area contributed by atoms with Gasteiger partial charge in [-0.2, -0.15) is 0 Å². The second-order valence-corrected chi connectivity index (χ2v) is 3.42. The van der Waals surface area contributed by atoms with Crippen LogP contribution in [0, 0.1) is 0 Å². The Morgan fingerprint density at radius 1 is 1.27 bits per heavy atom. The fraction of sp³-hybridized carbons (Fsp3) is 0.273. The van der Waals surface area contributed by atoms with E-state index in [-0.39, 0.29) is 5.56 Å². The van der Waals surface area contributed by atoms with E-state index in [2.05, 4.69) is 0 Å². The molecule has 0 amide bonds. The van der Waals surface area contributed by atoms with Crippen LogP contribution < -0.4 is 0 Å². The van der Waals surface area contributed by atoms with Crippen LogP contribution in [0.1, 0.15) is 21.5 Å². The molecule has 78 valence electrons. The fourth-order valence-corrected chi connectivity index (χ4v) is 1.63. The number of hydrogen-bond acceptors (Lipinski definition) is 3. The van der Waals surface area contributed by atoms with Gasteiger partial charge in [-0.15, -0.1) is 0 Å². The molecule has 1 aliphatic rings. The summed E-state index contributed by atoms with van der Waals surface area (Å²) in [7, 11) is 0. The maximum atomic E-state index is 11.2. The molecule has 0 spiro atoms. The Morgan fingerprint density at radius 3 is 2.80 bits per heavy atom. The quantitative estimate of drug-likeness (QED) is 0.579. The van der Waals surface area contributed by atoms with Crippen LogP contribution in [-0.4, -0.2) is 23.5 Å². The molecule has 2 rings (SSSR count). The van der Waals surface area contributed by atoms with Crippen molar-refractivity contribution >= 4 is 11.8 Å². The van der Waals surface area contributed by atoms with Crippen molar-refractivity contribution in [2.45, 2.75) is 13.0 Å². The van der Waals surface area contributed by atoms with E-state index in [1.165, 1.54) is 6.07 Å². The van der Waals surface area contributed by atoms with E-state index in [0.29, 0.717) is 13.2 Å². The third kappa shape index (κ3) is 1.89. The van der Waals surface area contributed by atoms with Crippen molar-refractivity contribution in [1.29, 1.82) is 0 Å². The largest absolute Gasteiger partial charge is 0.475 e. The summed E-state index contributed by atoms with van der Waals surface area (Å²) >= 11 is 0. The molecule has 1 aromatic carbocycles. The van der Waals surface area contributed by atoms with E-state index in [9.17, 15) is 9.59 Å². The summed E-state index contributed by atoms with van der Waals surface area (Å²) in [4.78, 5) is 21.7. The predicted molar refractivity (Wildman–Crippen MR) is 51.8 cm³/mol. The Labute approximate surface area is 86.5 Å². The summed E-state index contributed by atoms with van der Waals surface area (Å²) < 4.78 is 5.24. The number of Topliss-reactive ketones (excluding diaryl/α,β-unsaturated/α-hetero) is 1. The van der Waals surface area contributed by atoms with Gasteiger partial charge in [0.05, 0.1) is 13.2 Å². The molecule has 0 aromatic heterocycles. The van der Waals surface area contributed by atoms with Gasteiger partial charge in [0.15, 0.2) is 0 Å². The average molecular weight is 206 g/mol. The third-order valence-electron chi connectivity index (χ3n) is 2.44. The second kappa shape index (κ2) is 3.82. The highest BCUT2D eigenvalue weighted by Gasteiger charge is 2.17. The lowest BCUT2D eigenvalue weighted by Crippen LogP contribution is -2.15. The number of carbonyl (C=O) groups excluding carboxylic acids is 1. The molecule has 1 aromatic rings. The Bertz CT molecular complexity index is 423. The molecule has 1 heterocycles. The molecule has 0 aliphatic carbocycles. The summed E-state index contributed by atoms with van der Waals surface area (Å²) in [5, 5.41) is 8.57. The molecule has 15 heavy (non-hydrogen) atoms. The van der Waals surface area contributed by atoms with Gasteiger partial charge in [-0.3, -0.25) is 4.79 Å². The van der Waals surface area contributed by atoms with E-state index in [0.717, 1.165) is 17.5 Å². The molecule has 0 atom stereocenters. The van der Waals surface area contributed by atoms with E-state index in [1.54, 1.807) is 12.1 Å². The highest BCUT2D eigenvalue weighted by atomic mass is 16.5. The summed E-state index contributed by atoms with van der Waals surface area (Å²) in [5.41, 5.74) is 2.28. The summed E-state index contributed by atoms with van der Waals surface area (Å²) in [6.07, 6.45) is 0.732. The first-order chi connectivity index (χ1) is 7.18. The Balaban J connectivity index is 2.36. The first-order valence-corrected chi connectivity index (χ1v) is 4.65. The van der Waals surface area contributed by atoms with E-state index in [1.807, 2.05) is 0 Å². The number of carboxylic acids is 1. The molecular weight excluding hydrogens is 196 g/mol. The molecule has 0 unspecified atom stereocenters. The van der Waals surface area contributed by atoms with E-state index in [4.69, 9.17) is 9.84 Å². The van der Waals surface area contributed by atoms with Crippen LogP contribution in [0.2, 0.25) is 0 Å². The molecule has 1 aliphatic heterocycles. The zero-order valence-corrected chi connectivity index (χ0v) is 8.03. The molecule has 4 heteroatoms. The average Bonchev–Trinajstić information content (AvgIpc) is 2.27. The number of carbonyl (C=O) groups is 2. The van der Waals surface area contributed by atoms with Crippen molar-refractivity contribution in [3.8, 4) is 0 Å². The Morgan fingerprint density at radius 2 is 2.07 bits per heavy atom. The molecule has 4 nitrogen and oxygen atoms in total. The van der Waals surface area contributed by atoms with Crippen LogP contribution in [0.5, 0.6) is 0 Å². The summed E-state index contributed by atoms with van der Waals surface area (Å²) in [6.45, 7) is 1.16. The van der Waals surface area contributed by atoms with Gasteiger partial charge in [-0.1, -0.05) is 12.1 Å². The first kappa shape index (κ1) is 9.86. The van der Waals surface area contributed by atoms with Crippen LogP contribution in [-0.2, 0) is 22.6 Å². The van der Waals surface area contributed by atoms with Gasteiger partial charge in [0.2, 0.25) is 0 Å². The zero-order chi connectivity index (χ0) is 10.8. The van der Waals surface area contributed by atoms with Crippen molar-refractivity contribution in [3.63, 3.8) is 0 Å². The normalized spacial score (nSPS) is 14.4. The van der Waals surface area contributed by atoms with Gasteiger partial charge in [-0.25, -0.2) is 4.79 Å². The highest BCUT2D eigenvalue weighted by Crippen LogP contribution is 2.18. The van der Waals surface area contributed by atoms with Gasteiger partial charge in [0, 0.05) is 5.56 Å². The lowest BCUT2D eigenvalue weighted by atomic mass is 9.99. The molecule has 0 saturated carbocycles. The van der Waals surface area contributed by atoms with Crippen molar-refractivity contribution in [3.05, 3.63) is 34.9 Å². The van der Waals surface area contributed by atoms with Crippen LogP contribution >= 0.6 is 0 Å². The standard InChI is InChI=1S/C11H10O4/c12-10(11(13)14)8-1-2-9-6-15-4-3-7(9)5-8/h1-2,5H,3-4,6H2,(H,13,14). The molecule has 0 radical (unpaired) electrons. The number of aliphatic carboxylic acids is 1. The SMILES string of the molecule is O=C(O)C(=O)c1ccc2c(c1)CCOC2. The highest BCUT2D eigenvalue weighted by molar-refractivity contribution is 6.39. The third-order valence-corrected chi connectivity index (χ3v) is 2.44. The monoisotopic (exact) mass is 206 g/mol. The maximum Gasteiger partial charge on any atom is 0.377 e. The lowest BCUT2D eigenvalue weighted by Gasteiger charge is -2.16. The van der Waals surface area contributed by atoms with Crippen molar-refractivity contribution < 1.29 is 19.4 Å². The van der Waals surface area contributed by atoms with Gasteiger partial charge in [0.1, 0.15) is 0 Å². The summed E-state index contributed by atoms with van der Waals surface area (Å²) in [5.74, 6) is -2.27. The zero-order valence-electron chi connectivity index (χ0n) is 8.03. The minimum absolute atomic E-state index is 0.239. The number of benzene rings is 1. The minimum atomic E-state index is -1.41.